The number of Topliss-reactive ketones (excluding diaryl/α,β-unsaturated/α-hetero) is 1. The second-order valence-electron chi connectivity index (χ2n) is 7.89. The second-order valence-corrected chi connectivity index (χ2v) is 8.98. The van der Waals surface area contributed by atoms with Crippen molar-refractivity contribution in [2.75, 3.05) is 7.11 Å². The summed E-state index contributed by atoms with van der Waals surface area (Å²) < 4.78 is 7.28. The first-order valence-electron chi connectivity index (χ1n) is 10.4. The molecule has 4 aromatic rings. The van der Waals surface area contributed by atoms with Gasteiger partial charge in [-0.2, -0.15) is 5.10 Å². The molecule has 0 radical (unpaired) electrons. The Bertz CT molecular complexity index is 1340. The van der Waals surface area contributed by atoms with Crippen molar-refractivity contribution in [2.24, 2.45) is 0 Å². The van der Waals surface area contributed by atoms with Crippen LogP contribution in [0.2, 0.25) is 0 Å². The molecule has 3 aromatic heterocycles. The van der Waals surface area contributed by atoms with E-state index in [0.717, 1.165) is 52.9 Å². The minimum atomic E-state index is -0.129. The van der Waals surface area contributed by atoms with Gasteiger partial charge in [0.15, 0.2) is 5.78 Å². The van der Waals surface area contributed by atoms with Gasteiger partial charge in [-0.1, -0.05) is 0 Å². The predicted octanol–water partition coefficient (Wildman–Crippen LogP) is 3.98. The van der Waals surface area contributed by atoms with Gasteiger partial charge in [-0.15, -0.1) is 11.3 Å². The Balaban J connectivity index is 1.37. The molecule has 8 heteroatoms. The number of hydrogen-bond acceptors (Lipinski definition) is 6. The van der Waals surface area contributed by atoms with Crippen LogP contribution in [0.4, 0.5) is 0 Å². The number of carbonyl (C=O) groups excluding carboxylic acids is 2. The molecule has 1 aliphatic carbocycles. The number of ether oxygens (including phenoxy) is 1. The summed E-state index contributed by atoms with van der Waals surface area (Å²) in [6.07, 6.45) is 6.16. The number of rotatable bonds is 5. The topological polar surface area (TPSA) is 86.1 Å². The van der Waals surface area contributed by atoms with Crippen LogP contribution in [0.3, 0.4) is 0 Å². The smallest absolute Gasteiger partial charge is 0.261 e. The van der Waals surface area contributed by atoms with Gasteiger partial charge in [-0.05, 0) is 68.1 Å². The number of carbonyl (C=O) groups is 2. The number of methoxy groups -OCH3 is 1. The van der Waals surface area contributed by atoms with Crippen molar-refractivity contribution in [1.82, 2.24) is 20.1 Å². The molecule has 162 valence electrons. The molecule has 1 unspecified atom stereocenters. The molecule has 3 heterocycles. The Morgan fingerprint density at radius 3 is 2.81 bits per heavy atom. The van der Waals surface area contributed by atoms with E-state index in [0.29, 0.717) is 9.75 Å². The molecule has 1 amide bonds. The number of thiophene rings is 1. The minimum Gasteiger partial charge on any atom is -0.497 e. The standard InChI is InChI=1S/C24H22N4O3S/c1-14(29)22-7-8-23(32-22)24(30)26-16-3-5-19-15(11-16)13-28(27-19)21-9-10-25-20-6-4-17(31-2)12-18(20)21/h4,6-10,12-13,16H,3,5,11H2,1-2H3,(H,26,30). The van der Waals surface area contributed by atoms with E-state index in [1.165, 1.54) is 18.3 Å². The van der Waals surface area contributed by atoms with E-state index in [4.69, 9.17) is 9.84 Å². The van der Waals surface area contributed by atoms with Gasteiger partial charge in [-0.25, -0.2) is 4.68 Å². The summed E-state index contributed by atoms with van der Waals surface area (Å²) in [7, 11) is 1.65. The first-order chi connectivity index (χ1) is 15.5. The first-order valence-corrected chi connectivity index (χ1v) is 11.3. The van der Waals surface area contributed by atoms with Crippen molar-refractivity contribution < 1.29 is 14.3 Å². The molecule has 1 aromatic carbocycles. The zero-order valence-corrected chi connectivity index (χ0v) is 18.6. The highest BCUT2D eigenvalue weighted by Gasteiger charge is 2.24. The number of aryl methyl sites for hydroxylation is 1. The normalized spacial score (nSPS) is 15.4. The first kappa shape index (κ1) is 20.4. The van der Waals surface area contributed by atoms with Gasteiger partial charge in [0.2, 0.25) is 0 Å². The number of fused-ring (bicyclic) bond motifs is 2. The lowest BCUT2D eigenvalue weighted by molar-refractivity contribution is 0.0937. The third-order valence-electron chi connectivity index (χ3n) is 5.76. The van der Waals surface area contributed by atoms with E-state index in [2.05, 4.69) is 10.3 Å². The van der Waals surface area contributed by atoms with Crippen molar-refractivity contribution in [3.63, 3.8) is 0 Å². The average molecular weight is 447 g/mol. The quantitative estimate of drug-likeness (QED) is 0.469. The number of nitrogens with zero attached hydrogens (tertiary/aromatic N) is 3. The van der Waals surface area contributed by atoms with Gasteiger partial charge in [0.05, 0.1) is 33.8 Å². The third kappa shape index (κ3) is 3.78. The Morgan fingerprint density at radius 1 is 1.19 bits per heavy atom. The van der Waals surface area contributed by atoms with Crippen molar-refractivity contribution in [2.45, 2.75) is 32.2 Å². The number of amides is 1. The van der Waals surface area contributed by atoms with Crippen LogP contribution in [-0.2, 0) is 12.8 Å². The van der Waals surface area contributed by atoms with Crippen LogP contribution in [0.25, 0.3) is 16.6 Å². The Kier molecular flexibility index (Phi) is 5.22. The molecule has 1 atom stereocenters. The third-order valence-corrected chi connectivity index (χ3v) is 6.94. The molecule has 0 saturated heterocycles. The van der Waals surface area contributed by atoms with Crippen molar-refractivity contribution in [3.8, 4) is 11.4 Å². The summed E-state index contributed by atoms with van der Waals surface area (Å²) in [5.41, 5.74) is 4.00. The summed E-state index contributed by atoms with van der Waals surface area (Å²) in [6, 6.07) is 11.2. The maximum atomic E-state index is 12.6. The number of pyridine rings is 1. The molecule has 0 aliphatic heterocycles. The number of hydrogen-bond donors (Lipinski definition) is 1. The fourth-order valence-electron chi connectivity index (χ4n) is 4.09. The van der Waals surface area contributed by atoms with E-state index in [1.807, 2.05) is 35.1 Å². The molecule has 1 aliphatic rings. The lowest BCUT2D eigenvalue weighted by Gasteiger charge is -2.22. The molecule has 32 heavy (non-hydrogen) atoms. The number of benzene rings is 1. The highest BCUT2D eigenvalue weighted by molar-refractivity contribution is 7.15. The SMILES string of the molecule is COc1ccc2nccc(-n3cc4c(n3)CCC(NC(=O)c3ccc(C(C)=O)s3)C4)c2c1. The van der Waals surface area contributed by atoms with Gasteiger partial charge >= 0.3 is 0 Å². The van der Waals surface area contributed by atoms with Gasteiger partial charge in [0.25, 0.3) is 5.91 Å². The van der Waals surface area contributed by atoms with Gasteiger partial charge in [0.1, 0.15) is 5.75 Å². The number of nitrogens with one attached hydrogen (secondary N) is 1. The Labute approximate surface area is 189 Å². The van der Waals surface area contributed by atoms with Crippen molar-refractivity contribution in [1.29, 1.82) is 0 Å². The van der Waals surface area contributed by atoms with E-state index >= 15 is 0 Å². The Hall–Kier alpha value is -3.52. The van der Waals surface area contributed by atoms with Crippen molar-refractivity contribution in [3.05, 3.63) is 69.8 Å². The monoisotopic (exact) mass is 446 g/mol. The average Bonchev–Trinajstić information content (AvgIpc) is 3.45. The maximum Gasteiger partial charge on any atom is 0.261 e. The van der Waals surface area contributed by atoms with Crippen LogP contribution in [0.1, 0.15) is 43.9 Å². The zero-order chi connectivity index (χ0) is 22.2. The van der Waals surface area contributed by atoms with Crippen LogP contribution in [-0.4, -0.2) is 39.6 Å². The van der Waals surface area contributed by atoms with Crippen LogP contribution >= 0.6 is 11.3 Å². The predicted molar refractivity (Wildman–Crippen MR) is 123 cm³/mol. The summed E-state index contributed by atoms with van der Waals surface area (Å²) >= 11 is 1.23. The van der Waals surface area contributed by atoms with Crippen LogP contribution in [0, 0.1) is 0 Å². The van der Waals surface area contributed by atoms with Crippen molar-refractivity contribution >= 4 is 33.9 Å². The van der Waals surface area contributed by atoms with Crippen LogP contribution < -0.4 is 10.1 Å². The van der Waals surface area contributed by atoms with Gasteiger partial charge < -0.3 is 10.1 Å². The largest absolute Gasteiger partial charge is 0.497 e. The molecule has 0 spiro atoms. The van der Waals surface area contributed by atoms with Gasteiger partial charge in [-0.3, -0.25) is 14.6 Å². The molecule has 1 N–H and O–H groups in total. The summed E-state index contributed by atoms with van der Waals surface area (Å²) in [5, 5.41) is 8.91. The second kappa shape index (κ2) is 8.20. The lowest BCUT2D eigenvalue weighted by atomic mass is 9.93. The van der Waals surface area contributed by atoms with E-state index in [9.17, 15) is 9.59 Å². The molecule has 7 nitrogen and oxygen atoms in total. The summed E-state index contributed by atoms with van der Waals surface area (Å²) in [5.74, 6) is 0.619. The summed E-state index contributed by atoms with van der Waals surface area (Å²) in [4.78, 5) is 29.8. The van der Waals surface area contributed by atoms with Crippen LogP contribution in [0.15, 0.2) is 48.8 Å². The molecule has 5 rings (SSSR count). The van der Waals surface area contributed by atoms with E-state index < -0.39 is 0 Å². The fourth-order valence-corrected chi connectivity index (χ4v) is 4.90. The molecule has 0 fully saturated rings. The highest BCUT2D eigenvalue weighted by atomic mass is 32.1. The minimum absolute atomic E-state index is 0.0231. The molecular weight excluding hydrogens is 424 g/mol. The fraction of sp³-hybridized carbons (Fsp3) is 0.250. The maximum absolute atomic E-state index is 12.6. The molecular formula is C24H22N4O3S. The summed E-state index contributed by atoms with van der Waals surface area (Å²) in [6.45, 7) is 1.51. The van der Waals surface area contributed by atoms with Gasteiger partial charge in [0, 0.05) is 23.8 Å². The zero-order valence-electron chi connectivity index (χ0n) is 17.8. The molecule has 0 saturated carbocycles. The number of ketones is 1. The molecule has 0 bridgehead atoms. The lowest BCUT2D eigenvalue weighted by Crippen LogP contribution is -2.38. The van der Waals surface area contributed by atoms with E-state index in [-0.39, 0.29) is 17.7 Å². The highest BCUT2D eigenvalue weighted by Crippen LogP contribution is 2.28. The van der Waals surface area contributed by atoms with Crippen LogP contribution in [0.5, 0.6) is 5.75 Å². The number of aromatic nitrogens is 3. The van der Waals surface area contributed by atoms with E-state index in [1.54, 1.807) is 25.4 Å². The Morgan fingerprint density at radius 2 is 2.03 bits per heavy atom.